The number of carbonyl (C=O) groups is 2. The summed E-state index contributed by atoms with van der Waals surface area (Å²) >= 11 is 6.33. The smallest absolute Gasteiger partial charge is 0.242 e. The van der Waals surface area contributed by atoms with Gasteiger partial charge in [0.2, 0.25) is 21.8 Å². The lowest BCUT2D eigenvalue weighted by Crippen LogP contribution is -2.48. The molecule has 0 heterocycles. The minimum atomic E-state index is -3.57. The van der Waals surface area contributed by atoms with E-state index in [1.165, 1.54) is 9.21 Å². The van der Waals surface area contributed by atoms with E-state index < -0.39 is 16.1 Å². The normalized spacial score (nSPS) is 12.2. The number of hydrogen-bond acceptors (Lipinski definition) is 5. The van der Waals surface area contributed by atoms with Crippen molar-refractivity contribution >= 4 is 39.1 Å². The summed E-state index contributed by atoms with van der Waals surface area (Å²) in [6.07, 6.45) is 1.48. The minimum Gasteiger partial charge on any atom is -0.494 e. The first-order chi connectivity index (χ1) is 17.4. The number of anilines is 1. The topological polar surface area (TPSA) is 96.0 Å². The van der Waals surface area contributed by atoms with Gasteiger partial charge in [0, 0.05) is 31.1 Å². The van der Waals surface area contributed by atoms with Gasteiger partial charge >= 0.3 is 0 Å². The summed E-state index contributed by atoms with van der Waals surface area (Å²) in [7, 11) is -3.57. The zero-order chi connectivity index (χ0) is 27.6. The first-order valence-electron chi connectivity index (χ1n) is 12.4. The standard InChI is InChI=1S/C27H38ClN3O5S/c1-6-36-24-15-13-23(14-16-24)31(37(5,34)35)17-9-12-26(32)30(19-22-10-7-8-11-25(22)28)21(4)27(33)29-18-20(2)3/h7-8,10-11,13-16,20-21H,6,9,12,17-19H2,1-5H3,(H,29,33)/t21-/m0/s1. The molecule has 37 heavy (non-hydrogen) atoms. The quantitative estimate of drug-likeness (QED) is 0.373. The predicted molar refractivity (Wildman–Crippen MR) is 148 cm³/mol. The van der Waals surface area contributed by atoms with Gasteiger partial charge in [0.25, 0.3) is 0 Å². The Bertz CT molecular complexity index is 1140. The number of nitrogens with zero attached hydrogens (tertiary/aromatic N) is 2. The fourth-order valence-electron chi connectivity index (χ4n) is 3.72. The van der Waals surface area contributed by atoms with Crippen LogP contribution in [0.4, 0.5) is 5.69 Å². The van der Waals surface area contributed by atoms with E-state index in [1.807, 2.05) is 32.9 Å². The number of nitrogens with one attached hydrogen (secondary N) is 1. The highest BCUT2D eigenvalue weighted by Crippen LogP contribution is 2.23. The van der Waals surface area contributed by atoms with Crippen LogP contribution in [0.25, 0.3) is 0 Å². The number of ether oxygens (including phenoxy) is 1. The summed E-state index contributed by atoms with van der Waals surface area (Å²) < 4.78 is 31.7. The number of hydrogen-bond donors (Lipinski definition) is 1. The van der Waals surface area contributed by atoms with Crippen molar-refractivity contribution < 1.29 is 22.7 Å². The van der Waals surface area contributed by atoms with Crippen LogP contribution in [-0.4, -0.2) is 57.1 Å². The zero-order valence-electron chi connectivity index (χ0n) is 22.2. The largest absolute Gasteiger partial charge is 0.494 e. The Morgan fingerprint density at radius 2 is 1.70 bits per heavy atom. The molecular formula is C27H38ClN3O5S. The number of benzene rings is 2. The van der Waals surface area contributed by atoms with Gasteiger partial charge in [-0.05, 0) is 62.1 Å². The third kappa shape index (κ3) is 9.55. The molecule has 0 aliphatic heterocycles. The molecule has 1 atom stereocenters. The summed E-state index contributed by atoms with van der Waals surface area (Å²) in [5, 5.41) is 3.39. The molecule has 0 saturated carbocycles. The van der Waals surface area contributed by atoms with E-state index in [2.05, 4.69) is 5.32 Å². The molecule has 0 spiro atoms. The average Bonchev–Trinajstić information content (AvgIpc) is 2.84. The molecule has 204 valence electrons. The second kappa shape index (κ2) is 14.2. The van der Waals surface area contributed by atoms with Crippen molar-refractivity contribution in [3.8, 4) is 5.75 Å². The van der Waals surface area contributed by atoms with Crippen LogP contribution in [0.5, 0.6) is 5.75 Å². The van der Waals surface area contributed by atoms with Crippen molar-refractivity contribution in [3.05, 3.63) is 59.1 Å². The number of amides is 2. The molecule has 10 heteroatoms. The van der Waals surface area contributed by atoms with Crippen LogP contribution in [-0.2, 0) is 26.2 Å². The highest BCUT2D eigenvalue weighted by atomic mass is 35.5. The summed E-state index contributed by atoms with van der Waals surface area (Å²) in [6.45, 7) is 8.85. The van der Waals surface area contributed by atoms with Gasteiger partial charge in [0.1, 0.15) is 11.8 Å². The van der Waals surface area contributed by atoms with Crippen LogP contribution in [0, 0.1) is 5.92 Å². The SMILES string of the molecule is CCOc1ccc(N(CCCC(=O)N(Cc2ccccc2Cl)[C@@H](C)C(=O)NCC(C)C)S(C)(=O)=O)cc1. The van der Waals surface area contributed by atoms with Gasteiger partial charge in [-0.25, -0.2) is 8.42 Å². The van der Waals surface area contributed by atoms with Crippen LogP contribution in [0.3, 0.4) is 0 Å². The molecule has 0 unspecified atom stereocenters. The average molecular weight is 552 g/mol. The van der Waals surface area contributed by atoms with Crippen LogP contribution >= 0.6 is 11.6 Å². The maximum absolute atomic E-state index is 13.3. The lowest BCUT2D eigenvalue weighted by atomic mass is 10.1. The van der Waals surface area contributed by atoms with Crippen molar-refractivity contribution in [3.63, 3.8) is 0 Å². The molecule has 8 nitrogen and oxygen atoms in total. The van der Waals surface area contributed by atoms with Gasteiger partial charge in [0.15, 0.2) is 0 Å². The zero-order valence-corrected chi connectivity index (χ0v) is 23.8. The van der Waals surface area contributed by atoms with Gasteiger partial charge in [-0.2, -0.15) is 0 Å². The number of sulfonamides is 1. The minimum absolute atomic E-state index is 0.0648. The molecule has 2 aromatic rings. The molecule has 0 aliphatic carbocycles. The number of carbonyl (C=O) groups excluding carboxylic acids is 2. The Kier molecular flexibility index (Phi) is 11.7. The van der Waals surface area contributed by atoms with Crippen molar-refractivity contribution in [2.75, 3.05) is 30.3 Å². The highest BCUT2D eigenvalue weighted by molar-refractivity contribution is 7.92. The van der Waals surface area contributed by atoms with Crippen molar-refractivity contribution in [2.24, 2.45) is 5.92 Å². The molecule has 2 amide bonds. The molecular weight excluding hydrogens is 514 g/mol. The Balaban J connectivity index is 2.16. The highest BCUT2D eigenvalue weighted by Gasteiger charge is 2.27. The summed E-state index contributed by atoms with van der Waals surface area (Å²) in [6, 6.07) is 13.3. The van der Waals surface area contributed by atoms with Crippen LogP contribution in [0.2, 0.25) is 5.02 Å². The van der Waals surface area contributed by atoms with Gasteiger partial charge in [-0.1, -0.05) is 43.6 Å². The molecule has 2 rings (SSSR count). The fraction of sp³-hybridized carbons (Fsp3) is 0.481. The maximum atomic E-state index is 13.3. The van der Waals surface area contributed by atoms with Gasteiger partial charge in [0.05, 0.1) is 18.6 Å². The van der Waals surface area contributed by atoms with Crippen LogP contribution in [0.15, 0.2) is 48.5 Å². The predicted octanol–water partition coefficient (Wildman–Crippen LogP) is 4.47. The van der Waals surface area contributed by atoms with E-state index in [0.29, 0.717) is 29.6 Å². The van der Waals surface area contributed by atoms with Gasteiger partial charge in [-0.3, -0.25) is 13.9 Å². The maximum Gasteiger partial charge on any atom is 0.242 e. The van der Waals surface area contributed by atoms with E-state index >= 15 is 0 Å². The lowest BCUT2D eigenvalue weighted by Gasteiger charge is -2.30. The third-order valence-electron chi connectivity index (χ3n) is 5.74. The van der Waals surface area contributed by atoms with E-state index in [1.54, 1.807) is 43.3 Å². The number of rotatable bonds is 14. The Hall–Kier alpha value is -2.78. The molecule has 2 aromatic carbocycles. The lowest BCUT2D eigenvalue weighted by molar-refractivity contribution is -0.140. The van der Waals surface area contributed by atoms with E-state index in [9.17, 15) is 18.0 Å². The Morgan fingerprint density at radius 3 is 2.27 bits per heavy atom. The first kappa shape index (κ1) is 30.4. The fourth-order valence-corrected chi connectivity index (χ4v) is 4.89. The summed E-state index contributed by atoms with van der Waals surface area (Å²) in [5.74, 6) is 0.414. The number of halogens is 1. The second-order valence-electron chi connectivity index (χ2n) is 9.29. The van der Waals surface area contributed by atoms with Gasteiger partial charge in [-0.15, -0.1) is 0 Å². The van der Waals surface area contributed by atoms with Crippen molar-refractivity contribution in [1.82, 2.24) is 10.2 Å². The van der Waals surface area contributed by atoms with Crippen molar-refractivity contribution in [2.45, 2.75) is 53.1 Å². The second-order valence-corrected chi connectivity index (χ2v) is 11.6. The van der Waals surface area contributed by atoms with E-state index in [-0.39, 0.29) is 43.7 Å². The van der Waals surface area contributed by atoms with Crippen molar-refractivity contribution in [1.29, 1.82) is 0 Å². The molecule has 0 fully saturated rings. The molecule has 0 saturated heterocycles. The van der Waals surface area contributed by atoms with E-state index in [0.717, 1.165) is 11.8 Å². The molecule has 0 radical (unpaired) electrons. The van der Waals surface area contributed by atoms with Gasteiger partial charge < -0.3 is 15.0 Å². The summed E-state index contributed by atoms with van der Waals surface area (Å²) in [4.78, 5) is 27.6. The first-order valence-corrected chi connectivity index (χ1v) is 14.7. The van der Waals surface area contributed by atoms with Crippen LogP contribution in [0.1, 0.15) is 46.1 Å². The molecule has 0 bridgehead atoms. The molecule has 0 aliphatic rings. The monoisotopic (exact) mass is 551 g/mol. The molecule has 0 aromatic heterocycles. The van der Waals surface area contributed by atoms with E-state index in [4.69, 9.17) is 16.3 Å². The third-order valence-corrected chi connectivity index (χ3v) is 7.30. The Morgan fingerprint density at radius 1 is 1.05 bits per heavy atom. The van der Waals surface area contributed by atoms with Crippen LogP contribution < -0.4 is 14.4 Å². The Labute approximate surface area is 226 Å². The summed E-state index contributed by atoms with van der Waals surface area (Å²) in [5.41, 5.74) is 1.22. The molecule has 1 N–H and O–H groups in total.